The monoisotopic (exact) mass is 396 g/mol. The van der Waals surface area contributed by atoms with Gasteiger partial charge in [0.1, 0.15) is 0 Å². The highest BCUT2D eigenvalue weighted by molar-refractivity contribution is 6.78. The van der Waals surface area contributed by atoms with Gasteiger partial charge in [-0.05, 0) is 69.6 Å². The number of carbonyl (C=O) groups excluding carboxylic acids is 1. The van der Waals surface area contributed by atoms with E-state index in [4.69, 9.17) is 8.85 Å². The van der Waals surface area contributed by atoms with Gasteiger partial charge in [0, 0.05) is 5.60 Å². The second-order valence-corrected chi connectivity index (χ2v) is 14.7. The van der Waals surface area contributed by atoms with Gasteiger partial charge in [0.25, 0.3) is 14.3 Å². The van der Waals surface area contributed by atoms with E-state index in [2.05, 4.69) is 27.7 Å². The van der Waals surface area contributed by atoms with Crippen LogP contribution in [0.25, 0.3) is 0 Å². The van der Waals surface area contributed by atoms with Crippen molar-refractivity contribution in [2.45, 2.75) is 121 Å². The minimum atomic E-state index is -2.02. The fourth-order valence-corrected chi connectivity index (χ4v) is 11.9. The quantitative estimate of drug-likeness (QED) is 0.431. The summed E-state index contributed by atoms with van der Waals surface area (Å²) < 4.78 is 12.5. The molecule has 26 heavy (non-hydrogen) atoms. The van der Waals surface area contributed by atoms with E-state index in [0.29, 0.717) is 9.76 Å². The molecule has 150 valence electrons. The predicted octanol–water partition coefficient (Wildman–Crippen LogP) is 6.26. The summed E-state index contributed by atoms with van der Waals surface area (Å²) in [6.45, 7) is 10.5. The summed E-state index contributed by atoms with van der Waals surface area (Å²) in [5.74, 6) is 0.0381. The van der Waals surface area contributed by atoms with Crippen molar-refractivity contribution in [3.05, 3.63) is 0 Å². The van der Waals surface area contributed by atoms with E-state index in [-0.39, 0.29) is 17.5 Å². The lowest BCUT2D eigenvalue weighted by molar-refractivity contribution is -0.139. The van der Waals surface area contributed by atoms with Gasteiger partial charge in [-0.15, -0.1) is 0 Å². The largest absolute Gasteiger partial charge is 0.518 e. The van der Waals surface area contributed by atoms with Gasteiger partial charge in [-0.25, -0.2) is 0 Å². The number of carbonyl (C=O) groups is 1. The van der Waals surface area contributed by atoms with Crippen LogP contribution in [-0.2, 0) is 13.6 Å². The Morgan fingerprint density at radius 3 is 2.00 bits per heavy atom. The number of hydrogen-bond donors (Lipinski definition) is 0. The lowest BCUT2D eigenvalue weighted by atomic mass is 10.2. The van der Waals surface area contributed by atoms with Crippen LogP contribution in [0.1, 0.15) is 92.4 Å². The van der Waals surface area contributed by atoms with Crippen LogP contribution in [0.15, 0.2) is 0 Å². The van der Waals surface area contributed by atoms with Crippen LogP contribution in [0.5, 0.6) is 0 Å². The highest BCUT2D eigenvalue weighted by atomic mass is 28.4. The van der Waals surface area contributed by atoms with E-state index in [0.717, 1.165) is 23.5 Å². The van der Waals surface area contributed by atoms with Gasteiger partial charge in [0.05, 0.1) is 5.92 Å². The molecule has 0 amide bonds. The van der Waals surface area contributed by atoms with E-state index < -0.39 is 8.32 Å². The Bertz CT molecular complexity index is 419. The molecule has 2 saturated carbocycles. The van der Waals surface area contributed by atoms with Crippen LogP contribution in [-0.4, -0.2) is 29.7 Å². The maximum absolute atomic E-state index is 13.1. The fraction of sp³-hybridized carbons (Fsp3) is 0.952. The van der Waals surface area contributed by atoms with Crippen molar-refractivity contribution < 1.29 is 13.6 Å². The molecule has 0 heterocycles. The van der Waals surface area contributed by atoms with Crippen molar-refractivity contribution >= 4 is 24.0 Å². The zero-order valence-corrected chi connectivity index (χ0v) is 19.7. The standard InChI is InChI=1S/C21H40O3Si2/c1-6-15-26(18-11-7-8-12-18,19-13-9-10-14-19)23-20(22)17(2)16-25-24-21(3,4)5/h17-19H,6-16H2,1-5H3. The molecule has 0 aromatic rings. The Morgan fingerprint density at radius 2 is 1.58 bits per heavy atom. The highest BCUT2D eigenvalue weighted by Crippen LogP contribution is 2.53. The first-order chi connectivity index (χ1) is 12.3. The third-order valence-electron chi connectivity index (χ3n) is 6.19. The van der Waals surface area contributed by atoms with E-state index in [9.17, 15) is 4.79 Å². The molecule has 0 N–H and O–H groups in total. The first kappa shape index (κ1) is 22.2. The third-order valence-corrected chi connectivity index (χ3v) is 13.5. The van der Waals surface area contributed by atoms with Crippen LogP contribution in [0, 0.1) is 5.92 Å². The van der Waals surface area contributed by atoms with Crippen molar-refractivity contribution in [1.82, 2.24) is 0 Å². The molecule has 1 atom stereocenters. The molecule has 0 spiro atoms. The molecule has 0 bridgehead atoms. The Labute approximate surface area is 165 Å². The van der Waals surface area contributed by atoms with E-state index in [1.165, 1.54) is 57.4 Å². The molecule has 2 radical (unpaired) electrons. The molecule has 2 rings (SSSR count). The van der Waals surface area contributed by atoms with Crippen LogP contribution < -0.4 is 0 Å². The fourth-order valence-electron chi connectivity index (χ4n) is 4.93. The first-order valence-electron chi connectivity index (χ1n) is 10.9. The lowest BCUT2D eigenvalue weighted by Gasteiger charge is -2.41. The van der Waals surface area contributed by atoms with Crippen LogP contribution in [0.3, 0.4) is 0 Å². The normalized spacial score (nSPS) is 21.3. The number of rotatable bonds is 9. The summed E-state index contributed by atoms with van der Waals surface area (Å²) in [6, 6.07) is 1.98. The summed E-state index contributed by atoms with van der Waals surface area (Å²) >= 11 is 0. The van der Waals surface area contributed by atoms with Crippen molar-refractivity contribution in [2.24, 2.45) is 5.92 Å². The Kier molecular flexibility index (Phi) is 8.42. The van der Waals surface area contributed by atoms with Crippen molar-refractivity contribution in [1.29, 1.82) is 0 Å². The molecule has 2 aliphatic carbocycles. The second kappa shape index (κ2) is 9.88. The van der Waals surface area contributed by atoms with Gasteiger partial charge < -0.3 is 8.85 Å². The maximum atomic E-state index is 13.1. The van der Waals surface area contributed by atoms with Crippen molar-refractivity contribution in [3.8, 4) is 0 Å². The van der Waals surface area contributed by atoms with Gasteiger partial charge in [0.2, 0.25) is 9.76 Å². The van der Waals surface area contributed by atoms with Crippen LogP contribution in [0.4, 0.5) is 0 Å². The van der Waals surface area contributed by atoms with Crippen molar-refractivity contribution in [2.75, 3.05) is 0 Å². The third kappa shape index (κ3) is 5.93. The average molecular weight is 397 g/mol. The minimum Gasteiger partial charge on any atom is -0.518 e. The number of hydrogen-bond acceptors (Lipinski definition) is 3. The van der Waals surface area contributed by atoms with Gasteiger partial charge in [0.15, 0.2) is 0 Å². The summed E-state index contributed by atoms with van der Waals surface area (Å²) in [6.07, 6.45) is 11.7. The molecule has 0 aliphatic heterocycles. The molecular weight excluding hydrogens is 356 g/mol. The molecule has 2 aliphatic rings. The Balaban J connectivity index is 2.05. The molecule has 3 nitrogen and oxygen atoms in total. The molecule has 0 saturated heterocycles. The molecule has 0 aromatic carbocycles. The second-order valence-electron chi connectivity index (χ2n) is 9.55. The summed E-state index contributed by atoms with van der Waals surface area (Å²) in [5, 5.41) is 0. The van der Waals surface area contributed by atoms with Gasteiger partial charge >= 0.3 is 0 Å². The maximum Gasteiger partial charge on any atom is 0.295 e. The zero-order chi connectivity index (χ0) is 19.2. The smallest absolute Gasteiger partial charge is 0.295 e. The lowest BCUT2D eigenvalue weighted by Crippen LogP contribution is -2.49. The predicted molar refractivity (Wildman–Crippen MR) is 112 cm³/mol. The summed E-state index contributed by atoms with van der Waals surface area (Å²) in [4.78, 5) is 13.1. The van der Waals surface area contributed by atoms with Crippen LogP contribution in [0.2, 0.25) is 23.2 Å². The topological polar surface area (TPSA) is 35.5 Å². The molecular formula is C21H40O3Si2. The van der Waals surface area contributed by atoms with Crippen LogP contribution >= 0.6 is 0 Å². The highest BCUT2D eigenvalue weighted by Gasteiger charge is 2.53. The van der Waals surface area contributed by atoms with Gasteiger partial charge in [-0.2, -0.15) is 0 Å². The first-order valence-corrected chi connectivity index (χ1v) is 14.3. The molecule has 1 unspecified atom stereocenters. The average Bonchev–Trinajstić information content (AvgIpc) is 3.26. The Hall–Kier alpha value is -0.136. The van der Waals surface area contributed by atoms with E-state index >= 15 is 0 Å². The summed E-state index contributed by atoms with van der Waals surface area (Å²) in [7, 11) is -1.64. The zero-order valence-electron chi connectivity index (χ0n) is 17.7. The van der Waals surface area contributed by atoms with E-state index in [1.54, 1.807) is 0 Å². The van der Waals surface area contributed by atoms with E-state index in [1.807, 2.05) is 6.92 Å². The van der Waals surface area contributed by atoms with Gasteiger partial charge in [-0.3, -0.25) is 4.79 Å². The Morgan fingerprint density at radius 1 is 1.08 bits per heavy atom. The SMILES string of the molecule is CCC[Si](OC(=O)C(C)C[Si]OC(C)(C)C)(C1CCCC1)C1CCCC1. The molecule has 5 heteroatoms. The van der Waals surface area contributed by atoms with Gasteiger partial charge in [-0.1, -0.05) is 46.0 Å². The van der Waals surface area contributed by atoms with Crippen molar-refractivity contribution in [3.63, 3.8) is 0 Å². The molecule has 0 aromatic heterocycles. The summed E-state index contributed by atoms with van der Waals surface area (Å²) in [5.41, 5.74) is 1.31. The molecule has 2 fully saturated rings. The minimum absolute atomic E-state index is 0.0396.